The molecule has 0 amide bonds. The number of hydrogen-bond donors (Lipinski definition) is 0. The van der Waals surface area contributed by atoms with E-state index >= 15 is 0 Å². The second-order valence-corrected chi connectivity index (χ2v) is 6.89. The van der Waals surface area contributed by atoms with Gasteiger partial charge in [0.15, 0.2) is 0 Å². The van der Waals surface area contributed by atoms with Crippen molar-refractivity contribution in [2.45, 2.75) is 32.4 Å². The van der Waals surface area contributed by atoms with E-state index in [2.05, 4.69) is 4.98 Å². The molecule has 0 saturated heterocycles. The van der Waals surface area contributed by atoms with Gasteiger partial charge in [0.05, 0.1) is 23.5 Å². The minimum atomic E-state index is -3.09. The van der Waals surface area contributed by atoms with Crippen molar-refractivity contribution in [3.63, 3.8) is 0 Å². The third-order valence-corrected chi connectivity index (χ3v) is 4.47. The van der Waals surface area contributed by atoms with Crippen molar-refractivity contribution in [1.29, 1.82) is 0 Å². The molecule has 15 heavy (non-hydrogen) atoms. The predicted molar refractivity (Wildman–Crippen MR) is 60.3 cm³/mol. The van der Waals surface area contributed by atoms with Gasteiger partial charge in [-0.1, -0.05) is 0 Å². The van der Waals surface area contributed by atoms with Gasteiger partial charge in [-0.3, -0.25) is 0 Å². The molecule has 0 atom stereocenters. The summed E-state index contributed by atoms with van der Waals surface area (Å²) < 4.78 is 24.6. The smallest absolute Gasteiger partial charge is 0.211 e. The van der Waals surface area contributed by atoms with Crippen molar-refractivity contribution >= 4 is 21.4 Å². The Balaban J connectivity index is 2.14. The van der Waals surface area contributed by atoms with Crippen LogP contribution in [0.15, 0.2) is 5.38 Å². The molecular formula is C9H14N2O2S2. The fourth-order valence-electron chi connectivity index (χ4n) is 1.52. The number of nitrogens with zero attached hydrogens (tertiary/aromatic N) is 2. The molecule has 1 saturated carbocycles. The van der Waals surface area contributed by atoms with Crippen LogP contribution in [0, 0.1) is 6.92 Å². The van der Waals surface area contributed by atoms with Crippen LogP contribution in [-0.4, -0.2) is 30.0 Å². The first-order chi connectivity index (χ1) is 6.97. The summed E-state index contributed by atoms with van der Waals surface area (Å²) in [6.07, 6.45) is 3.23. The maximum atomic E-state index is 11.5. The van der Waals surface area contributed by atoms with Gasteiger partial charge in [-0.25, -0.2) is 13.4 Å². The first-order valence-electron chi connectivity index (χ1n) is 4.84. The van der Waals surface area contributed by atoms with Crippen LogP contribution in [0.5, 0.6) is 0 Å². The Bertz CT molecular complexity index is 448. The van der Waals surface area contributed by atoms with Crippen molar-refractivity contribution in [3.8, 4) is 0 Å². The van der Waals surface area contributed by atoms with Crippen LogP contribution >= 0.6 is 11.3 Å². The first-order valence-corrected chi connectivity index (χ1v) is 7.57. The second-order valence-electron chi connectivity index (χ2n) is 3.90. The van der Waals surface area contributed by atoms with Crippen LogP contribution in [0.3, 0.4) is 0 Å². The second kappa shape index (κ2) is 3.84. The van der Waals surface area contributed by atoms with Gasteiger partial charge in [-0.05, 0) is 19.8 Å². The Labute approximate surface area is 94.0 Å². The van der Waals surface area contributed by atoms with Gasteiger partial charge in [0.2, 0.25) is 10.0 Å². The zero-order valence-electron chi connectivity index (χ0n) is 8.80. The van der Waals surface area contributed by atoms with E-state index in [-0.39, 0.29) is 6.04 Å². The third-order valence-electron chi connectivity index (χ3n) is 2.36. The molecule has 0 radical (unpaired) electrons. The summed E-state index contributed by atoms with van der Waals surface area (Å²) in [7, 11) is -3.09. The van der Waals surface area contributed by atoms with Crippen molar-refractivity contribution in [3.05, 3.63) is 16.1 Å². The summed E-state index contributed by atoms with van der Waals surface area (Å²) in [6.45, 7) is 2.35. The van der Waals surface area contributed by atoms with Gasteiger partial charge in [-0.15, -0.1) is 11.3 Å². The molecule has 1 aliphatic carbocycles. The van der Waals surface area contributed by atoms with E-state index < -0.39 is 10.0 Å². The van der Waals surface area contributed by atoms with Gasteiger partial charge in [-0.2, -0.15) is 4.31 Å². The Morgan fingerprint density at radius 2 is 2.27 bits per heavy atom. The number of sulfonamides is 1. The number of aryl methyl sites for hydroxylation is 1. The van der Waals surface area contributed by atoms with Crippen LogP contribution in [0.25, 0.3) is 0 Å². The number of rotatable bonds is 4. The van der Waals surface area contributed by atoms with E-state index in [1.165, 1.54) is 6.26 Å². The maximum Gasteiger partial charge on any atom is 0.211 e. The number of hydrogen-bond acceptors (Lipinski definition) is 4. The lowest BCUT2D eigenvalue weighted by Gasteiger charge is -2.17. The topological polar surface area (TPSA) is 50.3 Å². The highest BCUT2D eigenvalue weighted by Gasteiger charge is 2.35. The first kappa shape index (κ1) is 11.0. The van der Waals surface area contributed by atoms with E-state index in [1.54, 1.807) is 15.6 Å². The number of thiazole rings is 1. The Morgan fingerprint density at radius 1 is 1.60 bits per heavy atom. The SMILES string of the molecule is Cc1nc(CN(C2CC2)S(C)(=O)=O)cs1. The minimum absolute atomic E-state index is 0.210. The molecule has 1 aromatic heterocycles. The molecule has 1 aromatic rings. The lowest BCUT2D eigenvalue weighted by Crippen LogP contribution is -2.31. The van der Waals surface area contributed by atoms with Crippen LogP contribution in [0.4, 0.5) is 0 Å². The Morgan fingerprint density at radius 3 is 2.67 bits per heavy atom. The standard InChI is InChI=1S/C9H14N2O2S2/c1-7-10-8(6-14-7)5-11(9-3-4-9)15(2,12)13/h6,9H,3-5H2,1-2H3. The third kappa shape index (κ3) is 2.76. The summed E-state index contributed by atoms with van der Waals surface area (Å²) in [6, 6.07) is 0.210. The van der Waals surface area contributed by atoms with Crippen molar-refractivity contribution in [1.82, 2.24) is 9.29 Å². The monoisotopic (exact) mass is 246 g/mol. The summed E-state index contributed by atoms with van der Waals surface area (Å²) in [5.74, 6) is 0. The fourth-order valence-corrected chi connectivity index (χ4v) is 3.24. The van der Waals surface area contributed by atoms with Crippen molar-refractivity contribution in [2.24, 2.45) is 0 Å². The molecule has 0 N–H and O–H groups in total. The number of aromatic nitrogens is 1. The lowest BCUT2D eigenvalue weighted by molar-refractivity contribution is 0.399. The molecule has 1 aliphatic rings. The zero-order chi connectivity index (χ0) is 11.1. The molecule has 0 aromatic carbocycles. The van der Waals surface area contributed by atoms with E-state index in [0.29, 0.717) is 6.54 Å². The molecule has 0 spiro atoms. The summed E-state index contributed by atoms with van der Waals surface area (Å²) >= 11 is 1.56. The largest absolute Gasteiger partial charge is 0.245 e. The van der Waals surface area contributed by atoms with Gasteiger partial charge < -0.3 is 0 Å². The highest BCUT2D eigenvalue weighted by atomic mass is 32.2. The van der Waals surface area contributed by atoms with E-state index in [1.807, 2.05) is 12.3 Å². The Hall–Kier alpha value is -0.460. The van der Waals surface area contributed by atoms with Gasteiger partial charge >= 0.3 is 0 Å². The van der Waals surface area contributed by atoms with Crippen molar-refractivity contribution in [2.75, 3.05) is 6.26 Å². The van der Waals surface area contributed by atoms with Gasteiger partial charge in [0.25, 0.3) is 0 Å². The molecule has 0 unspecified atom stereocenters. The minimum Gasteiger partial charge on any atom is -0.245 e. The van der Waals surface area contributed by atoms with E-state index in [9.17, 15) is 8.42 Å². The quantitative estimate of drug-likeness (QED) is 0.806. The van der Waals surface area contributed by atoms with Crippen LogP contribution in [0.2, 0.25) is 0 Å². The average Bonchev–Trinajstić information content (AvgIpc) is 2.85. The summed E-state index contributed by atoms with van der Waals surface area (Å²) in [5.41, 5.74) is 0.856. The molecular weight excluding hydrogens is 232 g/mol. The van der Waals surface area contributed by atoms with Gasteiger partial charge in [0, 0.05) is 11.4 Å². The molecule has 0 aliphatic heterocycles. The zero-order valence-corrected chi connectivity index (χ0v) is 10.4. The van der Waals surface area contributed by atoms with Crippen LogP contribution < -0.4 is 0 Å². The summed E-state index contributed by atoms with van der Waals surface area (Å²) in [5, 5.41) is 2.91. The van der Waals surface area contributed by atoms with Crippen molar-refractivity contribution < 1.29 is 8.42 Å². The molecule has 1 heterocycles. The highest BCUT2D eigenvalue weighted by molar-refractivity contribution is 7.88. The molecule has 2 rings (SSSR count). The van der Waals surface area contributed by atoms with E-state index in [0.717, 1.165) is 23.5 Å². The van der Waals surface area contributed by atoms with Gasteiger partial charge in [0.1, 0.15) is 0 Å². The maximum absolute atomic E-state index is 11.5. The molecule has 84 valence electrons. The molecule has 1 fully saturated rings. The molecule has 6 heteroatoms. The van der Waals surface area contributed by atoms with Crippen LogP contribution in [-0.2, 0) is 16.6 Å². The normalized spacial score (nSPS) is 17.3. The average molecular weight is 246 g/mol. The Kier molecular flexibility index (Phi) is 2.83. The van der Waals surface area contributed by atoms with Crippen LogP contribution in [0.1, 0.15) is 23.5 Å². The predicted octanol–water partition coefficient (Wildman–Crippen LogP) is 1.38. The molecule has 4 nitrogen and oxygen atoms in total. The van der Waals surface area contributed by atoms with E-state index in [4.69, 9.17) is 0 Å². The summed E-state index contributed by atoms with van der Waals surface area (Å²) in [4.78, 5) is 4.29. The highest BCUT2D eigenvalue weighted by Crippen LogP contribution is 2.30. The fraction of sp³-hybridized carbons (Fsp3) is 0.667. The lowest BCUT2D eigenvalue weighted by atomic mass is 10.4. The molecule has 0 bridgehead atoms.